The Hall–Kier alpha value is -1.06. The minimum absolute atomic E-state index is 0.612. The summed E-state index contributed by atoms with van der Waals surface area (Å²) in [5.74, 6) is 0.798. The number of fused-ring (bicyclic) bond motifs is 1. The predicted octanol–water partition coefficient (Wildman–Crippen LogP) is 1.04. The monoisotopic (exact) mass is 194 g/mol. The van der Waals surface area contributed by atoms with Gasteiger partial charge >= 0.3 is 0 Å². The second-order valence-corrected chi connectivity index (χ2v) is 3.62. The highest BCUT2D eigenvalue weighted by atomic mass is 16.5. The maximum atomic E-state index is 9.70. The van der Waals surface area contributed by atoms with Crippen molar-refractivity contribution in [3.8, 4) is 5.75 Å². The average molecular weight is 194 g/mol. The lowest BCUT2D eigenvalue weighted by molar-refractivity contribution is 0.00644. The normalized spacial score (nSPS) is 25.6. The Balaban J connectivity index is 2.38. The highest BCUT2D eigenvalue weighted by Gasteiger charge is 2.26. The van der Waals surface area contributed by atoms with E-state index in [2.05, 4.69) is 0 Å². The summed E-state index contributed by atoms with van der Waals surface area (Å²) < 4.78 is 5.10. The highest BCUT2D eigenvalue weighted by molar-refractivity contribution is 5.39. The summed E-state index contributed by atoms with van der Waals surface area (Å²) in [6.45, 7) is 0. The molecule has 1 aliphatic carbocycles. The van der Waals surface area contributed by atoms with E-state index < -0.39 is 12.2 Å². The third kappa shape index (κ3) is 1.49. The van der Waals surface area contributed by atoms with Crippen molar-refractivity contribution in [1.82, 2.24) is 0 Å². The molecule has 0 saturated heterocycles. The van der Waals surface area contributed by atoms with Gasteiger partial charge in [-0.1, -0.05) is 6.07 Å². The number of ether oxygens (including phenoxy) is 1. The van der Waals surface area contributed by atoms with E-state index in [0.717, 1.165) is 23.3 Å². The van der Waals surface area contributed by atoms with Crippen LogP contribution in [0, 0.1) is 0 Å². The zero-order chi connectivity index (χ0) is 10.1. The van der Waals surface area contributed by atoms with Crippen LogP contribution in [0.2, 0.25) is 0 Å². The number of methoxy groups -OCH3 is 1. The molecule has 3 heteroatoms. The van der Waals surface area contributed by atoms with Crippen LogP contribution in [0.25, 0.3) is 0 Å². The highest BCUT2D eigenvalue weighted by Crippen LogP contribution is 2.32. The molecule has 2 unspecified atom stereocenters. The van der Waals surface area contributed by atoms with Gasteiger partial charge in [-0.25, -0.2) is 0 Å². The molecular formula is C11H14O3. The van der Waals surface area contributed by atoms with Crippen molar-refractivity contribution < 1.29 is 14.9 Å². The van der Waals surface area contributed by atoms with Crippen LogP contribution in [-0.4, -0.2) is 23.4 Å². The number of benzene rings is 1. The molecule has 14 heavy (non-hydrogen) atoms. The van der Waals surface area contributed by atoms with Gasteiger partial charge in [-0.15, -0.1) is 0 Å². The zero-order valence-corrected chi connectivity index (χ0v) is 8.10. The van der Waals surface area contributed by atoms with Crippen LogP contribution < -0.4 is 4.74 Å². The number of aliphatic hydroxyl groups is 2. The van der Waals surface area contributed by atoms with Crippen molar-refractivity contribution in [2.75, 3.05) is 7.11 Å². The van der Waals surface area contributed by atoms with Gasteiger partial charge in [0.15, 0.2) is 0 Å². The molecule has 0 aromatic heterocycles. The fourth-order valence-corrected chi connectivity index (χ4v) is 1.88. The summed E-state index contributed by atoms with van der Waals surface area (Å²) in [4.78, 5) is 0. The topological polar surface area (TPSA) is 49.7 Å². The van der Waals surface area contributed by atoms with E-state index in [9.17, 15) is 10.2 Å². The van der Waals surface area contributed by atoms with E-state index in [1.54, 1.807) is 13.2 Å². The van der Waals surface area contributed by atoms with Gasteiger partial charge in [-0.3, -0.25) is 0 Å². The molecule has 1 aromatic carbocycles. The number of aliphatic hydroxyl groups excluding tert-OH is 2. The first kappa shape index (κ1) is 9.49. The van der Waals surface area contributed by atoms with E-state index in [1.165, 1.54) is 0 Å². The standard InChI is InChI=1S/C11H14O3/c1-14-8-3-4-9-7(6-8)2-5-10(12)11(9)13/h3-4,6,10-13H,2,5H2,1H3. The van der Waals surface area contributed by atoms with E-state index in [1.807, 2.05) is 12.1 Å². The number of rotatable bonds is 1. The first-order valence-corrected chi connectivity index (χ1v) is 4.75. The fourth-order valence-electron chi connectivity index (χ4n) is 1.88. The van der Waals surface area contributed by atoms with Crippen LogP contribution in [0.3, 0.4) is 0 Å². The Bertz CT molecular complexity index is 335. The van der Waals surface area contributed by atoms with E-state index in [4.69, 9.17) is 4.74 Å². The lowest BCUT2D eigenvalue weighted by Gasteiger charge is -2.26. The Morgan fingerprint density at radius 1 is 1.36 bits per heavy atom. The summed E-state index contributed by atoms with van der Waals surface area (Å²) in [6, 6.07) is 5.55. The average Bonchev–Trinajstić information content (AvgIpc) is 2.23. The number of hydrogen-bond acceptors (Lipinski definition) is 3. The Morgan fingerprint density at radius 3 is 2.86 bits per heavy atom. The minimum Gasteiger partial charge on any atom is -0.497 e. The molecule has 2 atom stereocenters. The van der Waals surface area contributed by atoms with Gasteiger partial charge in [-0.05, 0) is 36.1 Å². The maximum absolute atomic E-state index is 9.70. The Labute approximate surface area is 83.0 Å². The molecule has 3 nitrogen and oxygen atoms in total. The van der Waals surface area contributed by atoms with Crippen molar-refractivity contribution in [1.29, 1.82) is 0 Å². The Kier molecular flexibility index (Phi) is 2.44. The lowest BCUT2D eigenvalue weighted by atomic mass is 9.87. The first-order valence-electron chi connectivity index (χ1n) is 4.75. The molecule has 2 N–H and O–H groups in total. The molecule has 0 fully saturated rings. The molecule has 0 bridgehead atoms. The van der Waals surface area contributed by atoms with Gasteiger partial charge in [-0.2, -0.15) is 0 Å². The van der Waals surface area contributed by atoms with Crippen LogP contribution in [0.5, 0.6) is 5.75 Å². The van der Waals surface area contributed by atoms with Crippen molar-refractivity contribution in [2.45, 2.75) is 25.0 Å². The van der Waals surface area contributed by atoms with Crippen molar-refractivity contribution in [3.63, 3.8) is 0 Å². The van der Waals surface area contributed by atoms with Crippen LogP contribution in [0.4, 0.5) is 0 Å². The van der Waals surface area contributed by atoms with Crippen LogP contribution in [-0.2, 0) is 6.42 Å². The smallest absolute Gasteiger partial charge is 0.119 e. The van der Waals surface area contributed by atoms with E-state index in [-0.39, 0.29) is 0 Å². The molecular weight excluding hydrogens is 180 g/mol. The van der Waals surface area contributed by atoms with E-state index >= 15 is 0 Å². The summed E-state index contributed by atoms with van der Waals surface area (Å²) in [5, 5.41) is 19.2. The molecule has 2 rings (SSSR count). The lowest BCUT2D eigenvalue weighted by Crippen LogP contribution is -2.24. The summed E-state index contributed by atoms with van der Waals surface area (Å²) in [5.41, 5.74) is 1.90. The van der Waals surface area contributed by atoms with Gasteiger partial charge in [0.2, 0.25) is 0 Å². The second-order valence-electron chi connectivity index (χ2n) is 3.62. The van der Waals surface area contributed by atoms with Crippen LogP contribution >= 0.6 is 0 Å². The summed E-state index contributed by atoms with van der Waals surface area (Å²) >= 11 is 0. The Morgan fingerprint density at radius 2 is 2.14 bits per heavy atom. The van der Waals surface area contributed by atoms with Gasteiger partial charge in [0, 0.05) is 0 Å². The van der Waals surface area contributed by atoms with Gasteiger partial charge in [0.25, 0.3) is 0 Å². The van der Waals surface area contributed by atoms with Crippen molar-refractivity contribution in [3.05, 3.63) is 29.3 Å². The van der Waals surface area contributed by atoms with Gasteiger partial charge in [0.05, 0.1) is 13.2 Å². The largest absolute Gasteiger partial charge is 0.497 e. The SMILES string of the molecule is COc1ccc2c(c1)CCC(O)C2O. The molecule has 0 amide bonds. The number of hydrogen-bond donors (Lipinski definition) is 2. The zero-order valence-electron chi connectivity index (χ0n) is 8.10. The quantitative estimate of drug-likeness (QED) is 0.702. The molecule has 0 saturated carbocycles. The predicted molar refractivity (Wildman–Crippen MR) is 52.3 cm³/mol. The molecule has 0 heterocycles. The van der Waals surface area contributed by atoms with Crippen molar-refractivity contribution in [2.24, 2.45) is 0 Å². The molecule has 0 spiro atoms. The first-order chi connectivity index (χ1) is 6.72. The molecule has 0 radical (unpaired) electrons. The molecule has 76 valence electrons. The van der Waals surface area contributed by atoms with Gasteiger partial charge < -0.3 is 14.9 Å². The third-order valence-corrected chi connectivity index (χ3v) is 2.74. The maximum Gasteiger partial charge on any atom is 0.119 e. The third-order valence-electron chi connectivity index (χ3n) is 2.74. The molecule has 1 aromatic rings. The van der Waals surface area contributed by atoms with Crippen molar-refractivity contribution >= 4 is 0 Å². The molecule has 1 aliphatic rings. The molecule has 0 aliphatic heterocycles. The number of aryl methyl sites for hydroxylation is 1. The van der Waals surface area contributed by atoms with Gasteiger partial charge in [0.1, 0.15) is 11.9 Å². The second kappa shape index (κ2) is 3.59. The summed E-state index contributed by atoms with van der Waals surface area (Å²) in [7, 11) is 1.62. The van der Waals surface area contributed by atoms with Crippen LogP contribution in [0.15, 0.2) is 18.2 Å². The van der Waals surface area contributed by atoms with Crippen LogP contribution in [0.1, 0.15) is 23.7 Å². The fraction of sp³-hybridized carbons (Fsp3) is 0.455. The minimum atomic E-state index is -0.746. The van der Waals surface area contributed by atoms with E-state index in [0.29, 0.717) is 6.42 Å². The summed E-state index contributed by atoms with van der Waals surface area (Å²) in [6.07, 6.45) is 0.0343.